The molecule has 0 amide bonds. The number of rotatable bonds is 2. The molecular formula is C32H19N3OS. The lowest BCUT2D eigenvalue weighted by Gasteiger charge is -2.08. The van der Waals surface area contributed by atoms with Gasteiger partial charge in [0.1, 0.15) is 0 Å². The standard InChI is InChI=1S/C32H19N3OS/c36-31-24-11-4-6-12-26(24)33-32-35(31)29-19-21(15-17-30(29)37-32)20-14-16-28-25(18-20)23-10-5-7-13-27(23)34(28)22-8-2-1-3-9-22/h1-19H. The van der Waals surface area contributed by atoms with Gasteiger partial charge in [0.25, 0.3) is 5.56 Å². The summed E-state index contributed by atoms with van der Waals surface area (Å²) in [6.45, 7) is 0. The zero-order valence-electron chi connectivity index (χ0n) is 19.6. The highest BCUT2D eigenvalue weighted by molar-refractivity contribution is 7.23. The number of para-hydroxylation sites is 3. The Morgan fingerprint density at radius 1 is 0.595 bits per heavy atom. The average Bonchev–Trinajstić information content (AvgIpc) is 3.48. The van der Waals surface area contributed by atoms with Gasteiger partial charge < -0.3 is 4.57 Å². The fourth-order valence-corrected chi connectivity index (χ4v) is 6.46. The smallest absolute Gasteiger partial charge is 0.266 e. The van der Waals surface area contributed by atoms with Crippen molar-refractivity contribution < 1.29 is 0 Å². The Morgan fingerprint density at radius 3 is 2.19 bits per heavy atom. The lowest BCUT2D eigenvalue weighted by atomic mass is 10.0. The van der Waals surface area contributed by atoms with Crippen LogP contribution in [0.3, 0.4) is 0 Å². The molecule has 0 spiro atoms. The third-order valence-electron chi connectivity index (χ3n) is 7.17. The molecule has 0 aliphatic heterocycles. The molecule has 174 valence electrons. The SMILES string of the molecule is O=c1c2ccccc2nc2sc3ccc(-c4ccc5c(c4)c4ccccc4n5-c4ccccc4)cc3n12. The predicted octanol–water partition coefficient (Wildman–Crippen LogP) is 7.83. The minimum atomic E-state index is -0.0228. The highest BCUT2D eigenvalue weighted by atomic mass is 32.1. The number of hydrogen-bond donors (Lipinski definition) is 0. The van der Waals surface area contributed by atoms with Crippen molar-refractivity contribution in [2.75, 3.05) is 0 Å². The Hall–Kier alpha value is -4.74. The molecule has 8 rings (SSSR count). The van der Waals surface area contributed by atoms with Crippen molar-refractivity contribution in [1.82, 2.24) is 14.0 Å². The monoisotopic (exact) mass is 493 g/mol. The summed E-state index contributed by atoms with van der Waals surface area (Å²) in [5.74, 6) is 0. The van der Waals surface area contributed by atoms with Crippen LogP contribution < -0.4 is 5.56 Å². The van der Waals surface area contributed by atoms with Gasteiger partial charge in [0.2, 0.25) is 0 Å². The minimum Gasteiger partial charge on any atom is -0.309 e. The van der Waals surface area contributed by atoms with E-state index in [9.17, 15) is 4.79 Å². The number of nitrogens with zero attached hydrogens (tertiary/aromatic N) is 3. The van der Waals surface area contributed by atoms with E-state index < -0.39 is 0 Å². The Bertz CT molecular complexity index is 2220. The molecule has 0 bridgehead atoms. The number of aromatic nitrogens is 3. The number of hydrogen-bond acceptors (Lipinski definition) is 3. The Balaban J connectivity index is 1.38. The molecule has 0 saturated carbocycles. The summed E-state index contributed by atoms with van der Waals surface area (Å²) < 4.78 is 5.12. The topological polar surface area (TPSA) is 39.3 Å². The first-order chi connectivity index (χ1) is 18.3. The largest absolute Gasteiger partial charge is 0.309 e. The molecule has 0 aliphatic rings. The summed E-state index contributed by atoms with van der Waals surface area (Å²) in [5.41, 5.74) is 7.30. The fourth-order valence-electron chi connectivity index (χ4n) is 5.46. The van der Waals surface area contributed by atoms with E-state index in [1.165, 1.54) is 21.8 Å². The van der Waals surface area contributed by atoms with Crippen LogP contribution in [-0.2, 0) is 0 Å². The molecular weight excluding hydrogens is 474 g/mol. The van der Waals surface area contributed by atoms with Gasteiger partial charge in [-0.15, -0.1) is 0 Å². The van der Waals surface area contributed by atoms with E-state index in [0.717, 1.165) is 37.5 Å². The van der Waals surface area contributed by atoms with Crippen LogP contribution in [0.2, 0.25) is 0 Å². The van der Waals surface area contributed by atoms with Gasteiger partial charge in [-0.2, -0.15) is 0 Å². The normalized spacial score (nSPS) is 11.9. The third kappa shape index (κ3) is 2.95. The summed E-state index contributed by atoms with van der Waals surface area (Å²) >= 11 is 1.55. The maximum Gasteiger partial charge on any atom is 0.266 e. The average molecular weight is 494 g/mol. The quantitative estimate of drug-likeness (QED) is 0.246. The molecule has 5 heteroatoms. The Labute approximate surface area is 215 Å². The van der Waals surface area contributed by atoms with Crippen molar-refractivity contribution in [2.45, 2.75) is 0 Å². The molecule has 0 saturated heterocycles. The molecule has 0 unspecified atom stereocenters. The van der Waals surface area contributed by atoms with E-state index >= 15 is 0 Å². The summed E-state index contributed by atoms with van der Waals surface area (Å²) in [7, 11) is 0. The fraction of sp³-hybridized carbons (Fsp3) is 0. The highest BCUT2D eigenvalue weighted by Gasteiger charge is 2.15. The van der Waals surface area contributed by atoms with Gasteiger partial charge in [-0.25, -0.2) is 4.98 Å². The molecule has 0 fully saturated rings. The van der Waals surface area contributed by atoms with Crippen molar-refractivity contribution in [2.24, 2.45) is 0 Å². The summed E-state index contributed by atoms with van der Waals surface area (Å²) in [5, 5.41) is 3.06. The second-order valence-corrected chi connectivity index (χ2v) is 10.3. The van der Waals surface area contributed by atoms with Crippen molar-refractivity contribution in [3.05, 3.63) is 126 Å². The van der Waals surface area contributed by atoms with E-state index in [0.29, 0.717) is 5.39 Å². The van der Waals surface area contributed by atoms with Crippen LogP contribution >= 0.6 is 11.3 Å². The van der Waals surface area contributed by atoms with E-state index in [4.69, 9.17) is 4.98 Å². The zero-order chi connectivity index (χ0) is 24.5. The Morgan fingerprint density at radius 2 is 1.30 bits per heavy atom. The van der Waals surface area contributed by atoms with E-state index in [2.05, 4.69) is 89.5 Å². The lowest BCUT2D eigenvalue weighted by molar-refractivity contribution is 1.16. The second kappa shape index (κ2) is 7.63. The molecule has 8 aromatic rings. The van der Waals surface area contributed by atoms with Gasteiger partial charge in [0.15, 0.2) is 4.96 Å². The molecule has 0 aliphatic carbocycles. The van der Waals surface area contributed by atoms with Crippen molar-refractivity contribution >= 4 is 59.2 Å². The first-order valence-corrected chi connectivity index (χ1v) is 13.0. The molecule has 3 heterocycles. The molecule has 37 heavy (non-hydrogen) atoms. The molecule has 0 N–H and O–H groups in total. The van der Waals surface area contributed by atoms with Crippen LogP contribution in [0.25, 0.3) is 64.7 Å². The van der Waals surface area contributed by atoms with Crippen molar-refractivity contribution in [3.8, 4) is 16.8 Å². The molecule has 0 atom stereocenters. The maximum atomic E-state index is 13.4. The van der Waals surface area contributed by atoms with Gasteiger partial charge in [-0.3, -0.25) is 9.20 Å². The van der Waals surface area contributed by atoms with Crippen LogP contribution in [0.1, 0.15) is 0 Å². The van der Waals surface area contributed by atoms with Gasteiger partial charge >= 0.3 is 0 Å². The van der Waals surface area contributed by atoms with E-state index in [-0.39, 0.29) is 5.56 Å². The van der Waals surface area contributed by atoms with Crippen LogP contribution in [0.15, 0.2) is 120 Å². The van der Waals surface area contributed by atoms with E-state index in [1.807, 2.05) is 30.3 Å². The van der Waals surface area contributed by atoms with Crippen LogP contribution in [0.4, 0.5) is 0 Å². The molecule has 3 aromatic heterocycles. The van der Waals surface area contributed by atoms with Crippen molar-refractivity contribution in [1.29, 1.82) is 0 Å². The van der Waals surface area contributed by atoms with Crippen LogP contribution in [0.5, 0.6) is 0 Å². The maximum absolute atomic E-state index is 13.4. The first-order valence-electron chi connectivity index (χ1n) is 12.2. The highest BCUT2D eigenvalue weighted by Crippen LogP contribution is 2.36. The van der Waals surface area contributed by atoms with Gasteiger partial charge in [0, 0.05) is 16.5 Å². The summed E-state index contributed by atoms with van der Waals surface area (Å²) in [6, 6.07) is 39.6. The lowest BCUT2D eigenvalue weighted by Crippen LogP contribution is -2.13. The summed E-state index contributed by atoms with van der Waals surface area (Å²) in [4.78, 5) is 18.9. The summed E-state index contributed by atoms with van der Waals surface area (Å²) in [6.07, 6.45) is 0. The molecule has 4 nitrogen and oxygen atoms in total. The molecule has 5 aromatic carbocycles. The van der Waals surface area contributed by atoms with Crippen molar-refractivity contribution in [3.63, 3.8) is 0 Å². The number of thiazole rings is 1. The van der Waals surface area contributed by atoms with Crippen LogP contribution in [0, 0.1) is 0 Å². The second-order valence-electron chi connectivity index (χ2n) is 9.26. The predicted molar refractivity (Wildman–Crippen MR) is 154 cm³/mol. The van der Waals surface area contributed by atoms with Gasteiger partial charge in [0.05, 0.1) is 32.2 Å². The third-order valence-corrected chi connectivity index (χ3v) is 8.19. The zero-order valence-corrected chi connectivity index (χ0v) is 20.4. The molecule has 0 radical (unpaired) electrons. The minimum absolute atomic E-state index is 0.0228. The van der Waals surface area contributed by atoms with E-state index in [1.54, 1.807) is 15.7 Å². The first kappa shape index (κ1) is 20.5. The Kier molecular flexibility index (Phi) is 4.22. The number of fused-ring (bicyclic) bond motifs is 7. The van der Waals surface area contributed by atoms with Gasteiger partial charge in [-0.05, 0) is 65.7 Å². The van der Waals surface area contributed by atoms with Gasteiger partial charge in [-0.1, -0.05) is 72.0 Å². The number of benzene rings is 5. The van der Waals surface area contributed by atoms with Crippen LogP contribution in [-0.4, -0.2) is 14.0 Å².